The number of rotatable bonds is 13. The van der Waals surface area contributed by atoms with Gasteiger partial charge in [0.25, 0.3) is 0 Å². The fourth-order valence-electron chi connectivity index (χ4n) is 6.46. The van der Waals surface area contributed by atoms with E-state index in [9.17, 15) is 10.2 Å². The van der Waals surface area contributed by atoms with Gasteiger partial charge in [-0.15, -0.1) is 0 Å². The second-order valence-corrected chi connectivity index (χ2v) is 12.8. The Morgan fingerprint density at radius 1 is 0.884 bits per heavy atom. The molecule has 232 valence electrons. The molecule has 0 aliphatic carbocycles. The van der Waals surface area contributed by atoms with Crippen LogP contribution in [0.2, 0.25) is 0 Å². The molecule has 1 fully saturated rings. The van der Waals surface area contributed by atoms with Crippen LogP contribution in [0.4, 0.5) is 0 Å². The van der Waals surface area contributed by atoms with Gasteiger partial charge in [-0.2, -0.15) is 0 Å². The van der Waals surface area contributed by atoms with Crippen LogP contribution in [0.25, 0.3) is 11.1 Å². The van der Waals surface area contributed by atoms with E-state index in [1.54, 1.807) is 7.11 Å². The predicted octanol–water partition coefficient (Wildman–Crippen LogP) is 9.01. The molecular weight excluding hydrogens is 532 g/mol. The number of hydrogen-bond donors (Lipinski definition) is 2. The van der Waals surface area contributed by atoms with Gasteiger partial charge in [-0.25, -0.2) is 0 Å². The van der Waals surface area contributed by atoms with Crippen molar-refractivity contribution in [2.75, 3.05) is 20.2 Å². The molecule has 2 N–H and O–H groups in total. The third kappa shape index (κ3) is 6.77. The largest absolute Gasteiger partial charge is 0.507 e. The van der Waals surface area contributed by atoms with E-state index in [0.29, 0.717) is 24.6 Å². The Morgan fingerprint density at radius 2 is 1.56 bits per heavy atom. The highest BCUT2D eigenvalue weighted by Gasteiger charge is 2.31. The summed E-state index contributed by atoms with van der Waals surface area (Å²) < 4.78 is 5.56. The van der Waals surface area contributed by atoms with Gasteiger partial charge in [0.05, 0.1) is 13.7 Å². The summed E-state index contributed by atoms with van der Waals surface area (Å²) in [6, 6.07) is 18.5. The average molecular weight is 585 g/mol. The van der Waals surface area contributed by atoms with Crippen molar-refractivity contribution in [3.63, 3.8) is 0 Å². The van der Waals surface area contributed by atoms with Gasteiger partial charge in [0, 0.05) is 46.6 Å². The first kappa shape index (κ1) is 32.6. The van der Waals surface area contributed by atoms with Crippen LogP contribution in [0.15, 0.2) is 59.6 Å². The molecule has 1 aliphatic heterocycles. The summed E-state index contributed by atoms with van der Waals surface area (Å²) in [5, 5.41) is 22.8. The van der Waals surface area contributed by atoms with Crippen molar-refractivity contribution in [3.8, 4) is 28.4 Å². The van der Waals surface area contributed by atoms with Crippen LogP contribution in [-0.2, 0) is 17.4 Å². The van der Waals surface area contributed by atoms with E-state index in [-0.39, 0.29) is 16.9 Å². The molecule has 0 spiro atoms. The lowest BCUT2D eigenvalue weighted by Gasteiger charge is -2.33. The zero-order valence-electron chi connectivity index (χ0n) is 27.4. The molecule has 43 heavy (non-hydrogen) atoms. The molecule has 4 rings (SSSR count). The quantitative estimate of drug-likeness (QED) is 0.197. The van der Waals surface area contributed by atoms with Gasteiger partial charge in [-0.3, -0.25) is 9.89 Å². The van der Waals surface area contributed by atoms with Crippen LogP contribution in [0.1, 0.15) is 102 Å². The third-order valence-electron chi connectivity index (χ3n) is 10.5. The number of aliphatic imine (C=N–C) groups is 1. The van der Waals surface area contributed by atoms with Crippen LogP contribution in [0.5, 0.6) is 17.2 Å². The first-order valence-electron chi connectivity index (χ1n) is 16.2. The summed E-state index contributed by atoms with van der Waals surface area (Å²) >= 11 is 0. The maximum atomic E-state index is 11.5. The Balaban J connectivity index is 1.58. The lowest BCUT2D eigenvalue weighted by atomic mass is 9.72. The number of methoxy groups -OCH3 is 1. The highest BCUT2D eigenvalue weighted by Crippen LogP contribution is 2.43. The fraction of sp³-hybridized carbons (Fsp3) is 0.500. The Labute approximate surface area is 259 Å². The van der Waals surface area contributed by atoms with Crippen LogP contribution in [0, 0.1) is 0 Å². The Morgan fingerprint density at radius 3 is 2.23 bits per heavy atom. The van der Waals surface area contributed by atoms with Crippen molar-refractivity contribution >= 4 is 6.21 Å². The molecule has 0 saturated carbocycles. The molecule has 5 nitrogen and oxygen atoms in total. The maximum absolute atomic E-state index is 11.5. The number of likely N-dealkylation sites (tertiary alicyclic amines) is 1. The van der Waals surface area contributed by atoms with Crippen LogP contribution in [0.3, 0.4) is 0 Å². The monoisotopic (exact) mass is 584 g/mol. The number of nitrogens with zero attached hydrogens (tertiary/aromatic N) is 2. The van der Waals surface area contributed by atoms with E-state index in [2.05, 4.69) is 58.6 Å². The standard InChI is InChI=1S/C38H52N2O3/c1-8-37(5,9-2)29-22-28(36(42)33(23-29)38(6,10-3)11-4)24-39-25-30-17-15-21-40(30)26-27-16-14-19-32(35(27)41)31-18-12-13-20-34(31)43-7/h12-14,16,18-20,22-24,30,41-42H,8-11,15,17,21,25-26H2,1-7H3/t30-/m0/s1. The molecule has 5 heteroatoms. The average Bonchev–Trinajstić information content (AvgIpc) is 3.48. The first-order chi connectivity index (χ1) is 20.6. The number of benzene rings is 3. The predicted molar refractivity (Wildman–Crippen MR) is 180 cm³/mol. The van der Waals surface area contributed by atoms with Crippen molar-refractivity contribution in [1.82, 2.24) is 4.90 Å². The van der Waals surface area contributed by atoms with E-state index in [0.717, 1.165) is 78.6 Å². The van der Waals surface area contributed by atoms with Crippen LogP contribution >= 0.6 is 0 Å². The molecule has 1 atom stereocenters. The summed E-state index contributed by atoms with van der Waals surface area (Å²) in [5.41, 5.74) is 5.69. The van der Waals surface area contributed by atoms with E-state index < -0.39 is 0 Å². The molecule has 3 aromatic carbocycles. The van der Waals surface area contributed by atoms with Gasteiger partial charge in [-0.1, -0.05) is 84.0 Å². The Bertz CT molecular complexity index is 1400. The molecule has 0 unspecified atom stereocenters. The van der Waals surface area contributed by atoms with Gasteiger partial charge in [0.2, 0.25) is 0 Å². The van der Waals surface area contributed by atoms with E-state index in [1.165, 1.54) is 5.56 Å². The van der Waals surface area contributed by atoms with Crippen LogP contribution < -0.4 is 4.74 Å². The van der Waals surface area contributed by atoms with E-state index in [4.69, 9.17) is 9.73 Å². The molecule has 0 radical (unpaired) electrons. The van der Waals surface area contributed by atoms with Crippen molar-refractivity contribution in [2.24, 2.45) is 4.99 Å². The SMILES string of the molecule is CCC(C)(CC)c1cc(C=NC[C@@H]2CCCN2Cc2cccc(-c3ccccc3OC)c2O)c(O)c(C(C)(CC)CC)c1. The maximum Gasteiger partial charge on any atom is 0.128 e. The van der Waals surface area contributed by atoms with Crippen molar-refractivity contribution in [3.05, 3.63) is 76.9 Å². The molecule has 1 saturated heterocycles. The van der Waals surface area contributed by atoms with E-state index in [1.807, 2.05) is 48.7 Å². The summed E-state index contributed by atoms with van der Waals surface area (Å²) in [5.74, 6) is 1.42. The minimum atomic E-state index is -0.0896. The molecule has 0 aromatic heterocycles. The number of phenols is 2. The summed E-state index contributed by atoms with van der Waals surface area (Å²) in [4.78, 5) is 7.36. The van der Waals surface area contributed by atoms with Gasteiger partial charge in [0.1, 0.15) is 17.2 Å². The number of phenolic OH excluding ortho intramolecular Hbond substituents is 2. The van der Waals surface area contributed by atoms with E-state index >= 15 is 0 Å². The second kappa shape index (κ2) is 14.0. The highest BCUT2D eigenvalue weighted by atomic mass is 16.5. The summed E-state index contributed by atoms with van der Waals surface area (Å²) in [6.07, 6.45) is 8.09. The normalized spacial score (nSPS) is 16.3. The minimum Gasteiger partial charge on any atom is -0.507 e. The summed E-state index contributed by atoms with van der Waals surface area (Å²) in [7, 11) is 1.66. The lowest BCUT2D eigenvalue weighted by Crippen LogP contribution is -2.31. The molecule has 3 aromatic rings. The number of hydrogen-bond acceptors (Lipinski definition) is 5. The van der Waals surface area contributed by atoms with Crippen LogP contribution in [-0.4, -0.2) is 47.6 Å². The lowest BCUT2D eigenvalue weighted by molar-refractivity contribution is 0.247. The number of para-hydroxylation sites is 2. The van der Waals surface area contributed by atoms with Crippen molar-refractivity contribution in [2.45, 2.75) is 103 Å². The van der Waals surface area contributed by atoms with Gasteiger partial charge in [0.15, 0.2) is 0 Å². The topological polar surface area (TPSA) is 65.3 Å². The molecule has 0 amide bonds. The molecule has 0 bridgehead atoms. The minimum absolute atomic E-state index is 0.0516. The molecular formula is C38H52N2O3. The fourth-order valence-corrected chi connectivity index (χ4v) is 6.46. The zero-order valence-corrected chi connectivity index (χ0v) is 27.4. The van der Waals surface area contributed by atoms with Crippen molar-refractivity contribution < 1.29 is 14.9 Å². The number of aromatic hydroxyl groups is 2. The molecule has 1 aliphatic rings. The summed E-state index contributed by atoms with van der Waals surface area (Å²) in [6.45, 7) is 15.8. The first-order valence-corrected chi connectivity index (χ1v) is 16.2. The third-order valence-corrected chi connectivity index (χ3v) is 10.5. The highest BCUT2D eigenvalue weighted by molar-refractivity contribution is 5.85. The second-order valence-electron chi connectivity index (χ2n) is 12.8. The smallest absolute Gasteiger partial charge is 0.128 e. The van der Waals surface area contributed by atoms with Gasteiger partial charge < -0.3 is 14.9 Å². The Hall–Kier alpha value is -3.31. The zero-order chi connectivity index (χ0) is 31.2. The van der Waals surface area contributed by atoms with Crippen molar-refractivity contribution in [1.29, 1.82) is 0 Å². The van der Waals surface area contributed by atoms with Gasteiger partial charge >= 0.3 is 0 Å². The van der Waals surface area contributed by atoms with Gasteiger partial charge in [-0.05, 0) is 73.6 Å². The number of ether oxygens (including phenoxy) is 1. The molecule has 1 heterocycles. The Kier molecular flexibility index (Phi) is 10.6.